The van der Waals surface area contributed by atoms with Gasteiger partial charge in [-0.1, -0.05) is 115 Å². The number of aromatic nitrogens is 3. The molecule has 7 rings (SSSR count). The van der Waals surface area contributed by atoms with E-state index in [0.717, 1.165) is 47.2 Å². The van der Waals surface area contributed by atoms with Gasteiger partial charge in [-0.15, -0.1) is 0 Å². The minimum absolute atomic E-state index is 0.0485. The Kier molecular flexibility index (Phi) is 9.21. The Morgan fingerprint density at radius 1 is 0.792 bits per heavy atom. The number of H-pyrrole nitrogens is 1. The molecule has 0 aliphatic heterocycles. The smallest absolute Gasteiger partial charge is 0.404 e. The van der Waals surface area contributed by atoms with Gasteiger partial charge in [0, 0.05) is 5.56 Å². The number of nitrogens with zero attached hydrogens (tertiary/aromatic N) is 2. The van der Waals surface area contributed by atoms with Crippen LogP contribution in [0.25, 0.3) is 28.0 Å². The lowest BCUT2D eigenvalue weighted by Gasteiger charge is -2.19. The summed E-state index contributed by atoms with van der Waals surface area (Å²) in [6.07, 6.45) is 7.32. The predicted molar refractivity (Wildman–Crippen MR) is 188 cm³/mol. The summed E-state index contributed by atoms with van der Waals surface area (Å²) in [5.74, 6) is 0.540. The van der Waals surface area contributed by atoms with E-state index < -0.39 is 7.82 Å². The summed E-state index contributed by atoms with van der Waals surface area (Å²) in [6.45, 7) is 1.96. The van der Waals surface area contributed by atoms with Crippen molar-refractivity contribution in [3.63, 3.8) is 0 Å². The normalized spacial score (nSPS) is 14.7. The summed E-state index contributed by atoms with van der Waals surface area (Å²) in [5, 5.41) is 3.40. The van der Waals surface area contributed by atoms with Gasteiger partial charge < -0.3 is 4.52 Å². The molecule has 0 saturated carbocycles. The van der Waals surface area contributed by atoms with Gasteiger partial charge in [-0.2, -0.15) is 0 Å². The maximum atomic E-state index is 14.1. The molecule has 8 nitrogen and oxygen atoms in total. The van der Waals surface area contributed by atoms with Crippen LogP contribution in [0.15, 0.2) is 132 Å². The van der Waals surface area contributed by atoms with Crippen LogP contribution in [0.4, 0.5) is 0 Å². The average molecular weight is 658 g/mol. The summed E-state index contributed by atoms with van der Waals surface area (Å²) in [5.41, 5.74) is 6.91. The van der Waals surface area contributed by atoms with E-state index in [4.69, 9.17) is 18.6 Å². The van der Waals surface area contributed by atoms with Crippen LogP contribution in [0.1, 0.15) is 47.6 Å². The first-order chi connectivity index (χ1) is 23.5. The van der Waals surface area contributed by atoms with Gasteiger partial charge in [-0.05, 0) is 66.5 Å². The van der Waals surface area contributed by atoms with Crippen molar-refractivity contribution in [2.75, 3.05) is 0 Å². The molecule has 0 amide bonds. The first kappa shape index (κ1) is 31.6. The molecule has 1 aliphatic carbocycles. The fourth-order valence-electron chi connectivity index (χ4n) is 6.15. The Bertz CT molecular complexity index is 2100. The van der Waals surface area contributed by atoms with Gasteiger partial charge in [-0.25, -0.2) is 14.1 Å². The fourth-order valence-corrected chi connectivity index (χ4v) is 7.33. The molecule has 0 radical (unpaired) electrons. The van der Waals surface area contributed by atoms with Gasteiger partial charge >= 0.3 is 7.82 Å². The monoisotopic (exact) mass is 657 g/mol. The van der Waals surface area contributed by atoms with Crippen molar-refractivity contribution in [2.45, 2.75) is 45.3 Å². The van der Waals surface area contributed by atoms with Gasteiger partial charge in [0.1, 0.15) is 5.75 Å². The van der Waals surface area contributed by atoms with Crippen molar-refractivity contribution < 1.29 is 18.1 Å². The van der Waals surface area contributed by atoms with Crippen molar-refractivity contribution in [2.24, 2.45) is 0 Å². The van der Waals surface area contributed by atoms with Gasteiger partial charge in [0.05, 0.1) is 30.2 Å². The second-order valence-corrected chi connectivity index (χ2v) is 13.5. The van der Waals surface area contributed by atoms with E-state index in [1.807, 2.05) is 85.8 Å². The number of hydrogen-bond acceptors (Lipinski definition) is 6. The third-order valence-electron chi connectivity index (χ3n) is 8.56. The third-order valence-corrected chi connectivity index (χ3v) is 9.89. The van der Waals surface area contributed by atoms with E-state index in [9.17, 15) is 9.36 Å². The minimum Gasteiger partial charge on any atom is -0.404 e. The van der Waals surface area contributed by atoms with E-state index in [2.05, 4.69) is 29.4 Å². The second-order valence-electron chi connectivity index (χ2n) is 11.9. The van der Waals surface area contributed by atoms with E-state index in [0.29, 0.717) is 22.5 Å². The minimum atomic E-state index is -4.04. The first-order valence-corrected chi connectivity index (χ1v) is 17.6. The molecular formula is C39H36N3O5P. The van der Waals surface area contributed by atoms with Crippen molar-refractivity contribution in [1.29, 1.82) is 0 Å². The number of aromatic amines is 1. The van der Waals surface area contributed by atoms with Crippen LogP contribution < -0.4 is 10.1 Å². The standard InChI is InChI=1S/C39H36N3O5P/c1-28-35(39(43)42-38(40-28)36(31-18-10-4-11-19-31)37(41-42)33-20-12-5-13-21-33)32-22-24-34(25-23-32)47-48(44,45-26-29-14-6-2-7-15-29)46-27-30-16-8-3-9-17-30/h2-10,12-17,20-25,31,41H,11,18-19,26-27H2,1H3. The molecule has 1 unspecified atom stereocenters. The van der Waals surface area contributed by atoms with Gasteiger partial charge in [0.2, 0.25) is 0 Å². The van der Waals surface area contributed by atoms with E-state index in [1.54, 1.807) is 28.8 Å². The zero-order valence-electron chi connectivity index (χ0n) is 26.6. The largest absolute Gasteiger partial charge is 0.530 e. The summed E-state index contributed by atoms with van der Waals surface area (Å²) < 4.78 is 32.9. The lowest BCUT2D eigenvalue weighted by molar-refractivity contribution is 0.143. The molecule has 0 spiro atoms. The number of hydrogen-bond donors (Lipinski definition) is 1. The summed E-state index contributed by atoms with van der Waals surface area (Å²) in [6, 6.07) is 35.8. The van der Waals surface area contributed by atoms with E-state index in [-0.39, 0.29) is 30.4 Å². The molecule has 1 N–H and O–H groups in total. The average Bonchev–Trinajstić information content (AvgIpc) is 3.52. The zero-order valence-corrected chi connectivity index (χ0v) is 27.5. The number of nitrogens with one attached hydrogen (secondary N) is 1. The van der Waals surface area contributed by atoms with Crippen molar-refractivity contribution >= 4 is 13.5 Å². The van der Waals surface area contributed by atoms with E-state index >= 15 is 0 Å². The second kappa shape index (κ2) is 14.0. The lowest BCUT2D eigenvalue weighted by Crippen LogP contribution is -2.19. The molecule has 0 fully saturated rings. The molecule has 4 aromatic carbocycles. The molecule has 0 bridgehead atoms. The maximum Gasteiger partial charge on any atom is 0.530 e. The highest BCUT2D eigenvalue weighted by Gasteiger charge is 2.30. The number of fused-ring (bicyclic) bond motifs is 1. The van der Waals surface area contributed by atoms with Crippen LogP contribution in [0.3, 0.4) is 0 Å². The quantitative estimate of drug-likeness (QED) is 0.110. The molecule has 48 heavy (non-hydrogen) atoms. The van der Waals surface area contributed by atoms with E-state index in [1.165, 1.54) is 0 Å². The topological polar surface area (TPSA) is 94.9 Å². The summed E-state index contributed by atoms with van der Waals surface area (Å²) in [4.78, 5) is 19.2. The van der Waals surface area contributed by atoms with Crippen LogP contribution in [0.2, 0.25) is 0 Å². The molecular weight excluding hydrogens is 621 g/mol. The number of rotatable bonds is 11. The van der Waals surface area contributed by atoms with Gasteiger partial charge in [-0.3, -0.25) is 18.9 Å². The molecule has 0 saturated heterocycles. The molecule has 6 aromatic rings. The van der Waals surface area contributed by atoms with Crippen LogP contribution in [-0.4, -0.2) is 14.6 Å². The molecule has 1 aliphatic rings. The number of allylic oxidation sites excluding steroid dienone is 2. The maximum absolute atomic E-state index is 14.1. The van der Waals surface area contributed by atoms with Gasteiger partial charge in [0.25, 0.3) is 5.56 Å². The molecule has 2 heterocycles. The zero-order chi connectivity index (χ0) is 32.9. The third kappa shape index (κ3) is 6.83. The Morgan fingerprint density at radius 3 is 1.98 bits per heavy atom. The van der Waals surface area contributed by atoms with Crippen LogP contribution in [0.5, 0.6) is 5.75 Å². The fraction of sp³-hybridized carbons (Fsp3) is 0.179. The highest BCUT2D eigenvalue weighted by molar-refractivity contribution is 7.48. The van der Waals surface area contributed by atoms with Crippen molar-refractivity contribution in [3.05, 3.63) is 160 Å². The highest BCUT2D eigenvalue weighted by Crippen LogP contribution is 2.51. The number of aryl methyl sites for hydroxylation is 1. The van der Waals surface area contributed by atoms with Gasteiger partial charge in [0.15, 0.2) is 5.65 Å². The Hall–Kier alpha value is -5.01. The number of phosphoric acid groups is 1. The molecule has 9 heteroatoms. The van der Waals surface area contributed by atoms with Crippen LogP contribution in [-0.2, 0) is 26.8 Å². The lowest BCUT2D eigenvalue weighted by atomic mass is 9.86. The number of phosphoric ester groups is 1. The summed E-state index contributed by atoms with van der Waals surface area (Å²) in [7, 11) is -4.04. The molecule has 1 atom stereocenters. The highest BCUT2D eigenvalue weighted by atomic mass is 31.2. The van der Waals surface area contributed by atoms with Crippen LogP contribution in [0, 0.1) is 6.92 Å². The predicted octanol–water partition coefficient (Wildman–Crippen LogP) is 9.41. The first-order valence-electron chi connectivity index (χ1n) is 16.1. The SMILES string of the molecule is Cc1nc2c(C3CC=CCC3)c(-c3ccccc3)[nH]n2c(=O)c1-c1ccc(OP(=O)(OCc2ccccc2)OCc2ccccc2)cc1. The van der Waals surface area contributed by atoms with Crippen molar-refractivity contribution in [1.82, 2.24) is 14.6 Å². The van der Waals surface area contributed by atoms with Crippen molar-refractivity contribution in [3.8, 4) is 28.1 Å². The molecule has 242 valence electrons. The Balaban J connectivity index is 1.19. The Labute approximate surface area is 279 Å². The molecule has 2 aromatic heterocycles. The van der Waals surface area contributed by atoms with Crippen LogP contribution >= 0.6 is 7.82 Å². The number of benzene rings is 4. The Morgan fingerprint density at radius 2 is 1.40 bits per heavy atom. The summed E-state index contributed by atoms with van der Waals surface area (Å²) >= 11 is 0.